The highest BCUT2D eigenvalue weighted by Gasteiger charge is 2.56. The van der Waals surface area contributed by atoms with E-state index in [2.05, 4.69) is 5.32 Å². The van der Waals surface area contributed by atoms with Gasteiger partial charge in [-0.25, -0.2) is 8.78 Å². The van der Waals surface area contributed by atoms with Crippen molar-refractivity contribution in [3.63, 3.8) is 0 Å². The Morgan fingerprint density at radius 2 is 1.83 bits per heavy atom. The van der Waals surface area contributed by atoms with Crippen LogP contribution in [0.3, 0.4) is 0 Å². The number of esters is 1. The summed E-state index contributed by atoms with van der Waals surface area (Å²) in [6.07, 6.45) is 0.0324. The van der Waals surface area contributed by atoms with Gasteiger partial charge in [-0.3, -0.25) is 19.2 Å². The van der Waals surface area contributed by atoms with Crippen LogP contribution in [0.2, 0.25) is 0 Å². The minimum absolute atomic E-state index is 0.0162. The number of hydrogen-bond donors (Lipinski definition) is 1. The van der Waals surface area contributed by atoms with E-state index in [0.29, 0.717) is 0 Å². The number of rotatable bonds is 3. The van der Waals surface area contributed by atoms with Crippen LogP contribution >= 0.6 is 0 Å². The standard InChI is InChI=1S/C21H23F2NO6/c1-20(2,3)30-13(25)10-24-19(28)14-17(26)11-4-5-12(22)16(23)15(11)21(18(14)27)6-8-29-9-7-21/h4-5,14H,6-10H2,1-3H3,(H,24,28). The lowest BCUT2D eigenvalue weighted by atomic mass is 9.60. The van der Waals surface area contributed by atoms with Crippen molar-refractivity contribution >= 4 is 23.4 Å². The zero-order valence-corrected chi connectivity index (χ0v) is 17.0. The Kier molecular flexibility index (Phi) is 5.77. The smallest absolute Gasteiger partial charge is 0.325 e. The Hall–Kier alpha value is -2.68. The molecular weight excluding hydrogens is 400 g/mol. The van der Waals surface area contributed by atoms with Crippen molar-refractivity contribution in [2.24, 2.45) is 5.92 Å². The zero-order chi connectivity index (χ0) is 22.3. The van der Waals surface area contributed by atoms with Crippen molar-refractivity contribution in [2.45, 2.75) is 44.6 Å². The quantitative estimate of drug-likeness (QED) is 0.589. The molecule has 0 radical (unpaired) electrons. The summed E-state index contributed by atoms with van der Waals surface area (Å²) in [5.74, 6) is -7.64. The van der Waals surface area contributed by atoms with Crippen LogP contribution in [0.15, 0.2) is 12.1 Å². The van der Waals surface area contributed by atoms with Gasteiger partial charge >= 0.3 is 5.97 Å². The molecular formula is C21H23F2NO6. The molecule has 1 heterocycles. The van der Waals surface area contributed by atoms with E-state index in [4.69, 9.17) is 9.47 Å². The van der Waals surface area contributed by atoms with E-state index in [1.54, 1.807) is 20.8 Å². The summed E-state index contributed by atoms with van der Waals surface area (Å²) in [7, 11) is 0. The van der Waals surface area contributed by atoms with Crippen LogP contribution in [0.4, 0.5) is 8.78 Å². The van der Waals surface area contributed by atoms with E-state index in [9.17, 15) is 28.0 Å². The molecule has 1 aliphatic carbocycles. The van der Waals surface area contributed by atoms with Crippen molar-refractivity contribution in [3.8, 4) is 0 Å². The molecule has 0 aromatic heterocycles. The van der Waals surface area contributed by atoms with Gasteiger partial charge in [-0.15, -0.1) is 0 Å². The highest BCUT2D eigenvalue weighted by atomic mass is 19.2. The lowest BCUT2D eigenvalue weighted by molar-refractivity contribution is -0.155. The van der Waals surface area contributed by atoms with Crippen LogP contribution in [0.25, 0.3) is 0 Å². The van der Waals surface area contributed by atoms with Gasteiger partial charge in [-0.2, -0.15) is 0 Å². The topological polar surface area (TPSA) is 98.8 Å². The van der Waals surface area contributed by atoms with Crippen molar-refractivity contribution in [1.29, 1.82) is 0 Å². The molecule has 1 saturated heterocycles. The fourth-order valence-corrected chi connectivity index (χ4v) is 3.99. The average molecular weight is 423 g/mol. The van der Waals surface area contributed by atoms with Gasteiger partial charge < -0.3 is 14.8 Å². The second-order valence-electron chi connectivity index (χ2n) is 8.44. The first-order chi connectivity index (χ1) is 14.0. The van der Waals surface area contributed by atoms with Crippen LogP contribution in [0, 0.1) is 17.6 Å². The van der Waals surface area contributed by atoms with Gasteiger partial charge in [0.25, 0.3) is 0 Å². The molecule has 1 aliphatic heterocycles. The van der Waals surface area contributed by atoms with Gasteiger partial charge in [0.05, 0.1) is 5.41 Å². The maximum atomic E-state index is 14.7. The first-order valence-electron chi connectivity index (χ1n) is 9.62. The van der Waals surface area contributed by atoms with Gasteiger partial charge in [0, 0.05) is 24.3 Å². The summed E-state index contributed by atoms with van der Waals surface area (Å²) in [6, 6.07) is 1.89. The second-order valence-corrected chi connectivity index (χ2v) is 8.44. The zero-order valence-electron chi connectivity index (χ0n) is 17.0. The summed E-state index contributed by atoms with van der Waals surface area (Å²) in [6.45, 7) is 4.62. The third-order valence-corrected chi connectivity index (χ3v) is 5.27. The van der Waals surface area contributed by atoms with Gasteiger partial charge in [0.2, 0.25) is 5.91 Å². The molecule has 3 rings (SSSR count). The maximum absolute atomic E-state index is 14.7. The van der Waals surface area contributed by atoms with Crippen LogP contribution in [-0.2, 0) is 29.3 Å². The number of ether oxygens (including phenoxy) is 2. The number of hydrogen-bond acceptors (Lipinski definition) is 6. The summed E-state index contributed by atoms with van der Waals surface area (Å²) in [5.41, 5.74) is -2.82. The number of Topliss-reactive ketones (excluding diaryl/α,β-unsaturated/α-hetero) is 2. The van der Waals surface area contributed by atoms with Crippen molar-refractivity contribution in [1.82, 2.24) is 5.32 Å². The first-order valence-corrected chi connectivity index (χ1v) is 9.62. The lowest BCUT2D eigenvalue weighted by Crippen LogP contribution is -2.56. The Bertz CT molecular complexity index is 915. The molecule has 0 bridgehead atoms. The van der Waals surface area contributed by atoms with Crippen molar-refractivity contribution < 1.29 is 37.4 Å². The monoisotopic (exact) mass is 423 g/mol. The molecule has 30 heavy (non-hydrogen) atoms. The lowest BCUT2D eigenvalue weighted by Gasteiger charge is -2.42. The summed E-state index contributed by atoms with van der Waals surface area (Å²) >= 11 is 0. The van der Waals surface area contributed by atoms with Gasteiger partial charge in [0.1, 0.15) is 12.1 Å². The molecule has 0 saturated carbocycles. The molecule has 1 unspecified atom stereocenters. The summed E-state index contributed by atoms with van der Waals surface area (Å²) in [4.78, 5) is 50.8. The third-order valence-electron chi connectivity index (χ3n) is 5.27. The number of ketones is 2. The molecule has 1 aromatic rings. The molecule has 1 aromatic carbocycles. The predicted octanol–water partition coefficient (Wildman–Crippen LogP) is 1.85. The normalized spacial score (nSPS) is 20.6. The number of carbonyl (C=O) groups is 4. The largest absolute Gasteiger partial charge is 0.459 e. The van der Waals surface area contributed by atoms with Crippen molar-refractivity contribution in [2.75, 3.05) is 19.8 Å². The molecule has 1 fully saturated rings. The summed E-state index contributed by atoms with van der Waals surface area (Å²) < 4.78 is 39.0. The van der Waals surface area contributed by atoms with E-state index >= 15 is 0 Å². The van der Waals surface area contributed by atoms with E-state index in [1.165, 1.54) is 0 Å². The fraction of sp³-hybridized carbons (Fsp3) is 0.524. The van der Waals surface area contributed by atoms with E-state index in [1.807, 2.05) is 0 Å². The minimum Gasteiger partial charge on any atom is -0.459 e. The molecule has 1 spiro atoms. The number of nitrogens with one attached hydrogen (secondary N) is 1. The van der Waals surface area contributed by atoms with Crippen LogP contribution < -0.4 is 5.32 Å². The highest BCUT2D eigenvalue weighted by molar-refractivity contribution is 6.29. The fourth-order valence-electron chi connectivity index (χ4n) is 3.99. The Balaban J connectivity index is 1.94. The molecule has 1 atom stereocenters. The molecule has 1 amide bonds. The number of benzene rings is 1. The first kappa shape index (κ1) is 22.0. The van der Waals surface area contributed by atoms with Crippen LogP contribution in [-0.4, -0.2) is 48.8 Å². The number of halogens is 2. The van der Waals surface area contributed by atoms with Gasteiger partial charge in [-0.1, -0.05) is 0 Å². The van der Waals surface area contributed by atoms with E-state index in [0.717, 1.165) is 12.1 Å². The third kappa shape index (κ3) is 3.86. The van der Waals surface area contributed by atoms with Gasteiger partial charge in [0.15, 0.2) is 29.1 Å². The average Bonchev–Trinajstić information content (AvgIpc) is 2.66. The van der Waals surface area contributed by atoms with Crippen LogP contribution in [0.1, 0.15) is 49.5 Å². The van der Waals surface area contributed by atoms with Gasteiger partial charge in [-0.05, 0) is 45.7 Å². The SMILES string of the molecule is CC(C)(C)OC(=O)CNC(=O)C1C(=O)c2ccc(F)c(F)c2C2(CCOCC2)C1=O. The number of carbonyl (C=O) groups excluding carboxylic acids is 4. The molecule has 2 aliphatic rings. The highest BCUT2D eigenvalue weighted by Crippen LogP contribution is 2.45. The van der Waals surface area contributed by atoms with Crippen molar-refractivity contribution in [3.05, 3.63) is 34.9 Å². The minimum atomic E-state index is -1.76. The van der Waals surface area contributed by atoms with E-state index in [-0.39, 0.29) is 37.2 Å². The number of fused-ring (bicyclic) bond motifs is 2. The maximum Gasteiger partial charge on any atom is 0.325 e. The second kappa shape index (κ2) is 7.86. The molecule has 7 nitrogen and oxygen atoms in total. The number of amides is 1. The molecule has 9 heteroatoms. The van der Waals surface area contributed by atoms with E-state index < -0.39 is 58.6 Å². The molecule has 1 N–H and O–H groups in total. The summed E-state index contributed by atoms with van der Waals surface area (Å²) in [5, 5.41) is 2.26. The predicted molar refractivity (Wildman–Crippen MR) is 99.8 cm³/mol. The van der Waals surface area contributed by atoms with Crippen LogP contribution in [0.5, 0.6) is 0 Å². The molecule has 162 valence electrons. The Labute approximate surface area is 172 Å². The Morgan fingerprint density at radius 3 is 2.43 bits per heavy atom. The Morgan fingerprint density at radius 1 is 1.20 bits per heavy atom.